The Morgan fingerprint density at radius 3 is 2.40 bits per heavy atom. The third-order valence-corrected chi connectivity index (χ3v) is 4.13. The van der Waals surface area contributed by atoms with Crippen LogP contribution in [0.15, 0.2) is 40.9 Å². The summed E-state index contributed by atoms with van der Waals surface area (Å²) in [5.41, 5.74) is 1.96. The summed E-state index contributed by atoms with van der Waals surface area (Å²) in [7, 11) is 1.55. The van der Waals surface area contributed by atoms with Gasteiger partial charge in [-0.2, -0.15) is 5.26 Å². The van der Waals surface area contributed by atoms with Crippen molar-refractivity contribution >= 4 is 33.5 Å². The highest BCUT2D eigenvalue weighted by Crippen LogP contribution is 2.35. The summed E-state index contributed by atoms with van der Waals surface area (Å²) in [6.07, 6.45) is 1.71. The van der Waals surface area contributed by atoms with Crippen molar-refractivity contribution in [2.24, 2.45) is 0 Å². The van der Waals surface area contributed by atoms with Crippen molar-refractivity contribution in [1.29, 1.82) is 5.26 Å². The zero-order chi connectivity index (χ0) is 18.4. The highest BCUT2D eigenvalue weighted by Gasteiger charge is 2.11. The molecule has 2 rings (SSSR count). The van der Waals surface area contributed by atoms with Crippen molar-refractivity contribution in [2.75, 3.05) is 13.7 Å². The van der Waals surface area contributed by atoms with Crippen LogP contribution in [0.5, 0.6) is 11.5 Å². The molecule has 0 aliphatic heterocycles. The van der Waals surface area contributed by atoms with Gasteiger partial charge in [-0.3, -0.25) is 0 Å². The van der Waals surface area contributed by atoms with Crippen LogP contribution in [-0.4, -0.2) is 24.8 Å². The minimum Gasteiger partial charge on any atom is -0.493 e. The number of nitriles is 1. The van der Waals surface area contributed by atoms with Gasteiger partial charge in [-0.1, -0.05) is 28.1 Å². The van der Waals surface area contributed by atoms with E-state index in [0.29, 0.717) is 29.2 Å². The summed E-state index contributed by atoms with van der Waals surface area (Å²) < 4.78 is 11.6. The number of carboxylic acids is 1. The number of aromatic carboxylic acids is 1. The Labute approximate surface area is 154 Å². The lowest BCUT2D eigenvalue weighted by Gasteiger charge is -2.12. The number of ether oxygens (including phenoxy) is 2. The molecule has 0 radical (unpaired) electrons. The first-order chi connectivity index (χ1) is 12.0. The van der Waals surface area contributed by atoms with Crippen LogP contribution in [0.1, 0.15) is 28.4 Å². The molecule has 25 heavy (non-hydrogen) atoms. The molecule has 0 unspecified atom stereocenters. The fourth-order valence-electron chi connectivity index (χ4n) is 2.22. The number of halogens is 1. The second-order valence-corrected chi connectivity index (χ2v) is 5.86. The van der Waals surface area contributed by atoms with Gasteiger partial charge < -0.3 is 14.6 Å². The van der Waals surface area contributed by atoms with E-state index >= 15 is 0 Å². The van der Waals surface area contributed by atoms with Crippen molar-refractivity contribution in [3.63, 3.8) is 0 Å². The number of carboxylic acid groups (broad SMARTS) is 1. The maximum atomic E-state index is 10.9. The smallest absolute Gasteiger partial charge is 0.335 e. The maximum absolute atomic E-state index is 10.9. The first-order valence-corrected chi connectivity index (χ1v) is 8.25. The van der Waals surface area contributed by atoms with Gasteiger partial charge in [-0.05, 0) is 48.4 Å². The highest BCUT2D eigenvalue weighted by molar-refractivity contribution is 9.10. The second kappa shape index (κ2) is 8.36. The average molecular weight is 402 g/mol. The molecule has 0 spiro atoms. The Hall–Kier alpha value is -2.78. The van der Waals surface area contributed by atoms with Crippen molar-refractivity contribution in [3.05, 3.63) is 57.6 Å². The van der Waals surface area contributed by atoms with E-state index in [0.717, 1.165) is 10.0 Å². The fourth-order valence-corrected chi connectivity index (χ4v) is 2.65. The molecule has 128 valence electrons. The van der Waals surface area contributed by atoms with Crippen LogP contribution < -0.4 is 9.47 Å². The number of hydrogen-bond donors (Lipinski definition) is 1. The predicted molar refractivity (Wildman–Crippen MR) is 98.7 cm³/mol. The predicted octanol–water partition coefficient (Wildman–Crippen LogP) is 4.62. The fraction of sp³-hybridized carbons (Fsp3) is 0.158. The van der Waals surface area contributed by atoms with Crippen LogP contribution in [0.25, 0.3) is 11.6 Å². The number of allylic oxidation sites excluding steroid dienone is 1. The van der Waals surface area contributed by atoms with Gasteiger partial charge in [0.05, 0.1) is 30.9 Å². The van der Waals surface area contributed by atoms with Crippen LogP contribution in [0, 0.1) is 11.3 Å². The molecule has 0 fully saturated rings. The molecular weight excluding hydrogens is 386 g/mol. The van der Waals surface area contributed by atoms with E-state index < -0.39 is 5.97 Å². The van der Waals surface area contributed by atoms with E-state index in [1.54, 1.807) is 37.5 Å². The van der Waals surface area contributed by atoms with Crippen molar-refractivity contribution in [1.82, 2.24) is 0 Å². The van der Waals surface area contributed by atoms with E-state index in [9.17, 15) is 10.1 Å². The summed E-state index contributed by atoms with van der Waals surface area (Å²) in [5, 5.41) is 18.4. The first kappa shape index (κ1) is 18.6. The highest BCUT2D eigenvalue weighted by atomic mass is 79.9. The van der Waals surface area contributed by atoms with E-state index in [1.807, 2.05) is 6.92 Å². The minimum atomic E-state index is -1.01. The van der Waals surface area contributed by atoms with Crippen LogP contribution in [0.2, 0.25) is 0 Å². The molecule has 2 aromatic rings. The first-order valence-electron chi connectivity index (χ1n) is 7.46. The summed E-state index contributed by atoms with van der Waals surface area (Å²) in [4.78, 5) is 10.9. The summed E-state index contributed by atoms with van der Waals surface area (Å²) in [5.74, 6) is 0.168. The van der Waals surface area contributed by atoms with Crippen molar-refractivity contribution < 1.29 is 19.4 Å². The lowest BCUT2D eigenvalue weighted by atomic mass is 10.0. The molecule has 0 heterocycles. The van der Waals surface area contributed by atoms with Gasteiger partial charge in [-0.15, -0.1) is 0 Å². The number of nitrogens with zero attached hydrogens (tertiary/aromatic N) is 1. The molecule has 0 aliphatic rings. The molecule has 1 N–H and O–H groups in total. The Balaban J connectivity index is 2.45. The number of carbonyl (C=O) groups is 1. The van der Waals surface area contributed by atoms with E-state index in [2.05, 4.69) is 22.0 Å². The van der Waals surface area contributed by atoms with E-state index in [1.165, 1.54) is 12.1 Å². The zero-order valence-corrected chi connectivity index (χ0v) is 15.3. The van der Waals surface area contributed by atoms with Gasteiger partial charge in [0.2, 0.25) is 0 Å². The van der Waals surface area contributed by atoms with E-state index in [-0.39, 0.29) is 5.56 Å². The molecular formula is C19H16BrNO4. The molecule has 0 amide bonds. The van der Waals surface area contributed by atoms with Crippen LogP contribution in [0.3, 0.4) is 0 Å². The molecule has 0 saturated carbocycles. The maximum Gasteiger partial charge on any atom is 0.335 e. The normalized spacial score (nSPS) is 10.9. The molecule has 0 atom stereocenters. The lowest BCUT2D eigenvalue weighted by Crippen LogP contribution is -1.97. The molecule has 0 bridgehead atoms. The zero-order valence-electron chi connectivity index (χ0n) is 13.7. The lowest BCUT2D eigenvalue weighted by molar-refractivity contribution is 0.0697. The second-order valence-electron chi connectivity index (χ2n) is 5.01. The molecule has 2 aromatic carbocycles. The van der Waals surface area contributed by atoms with Crippen LogP contribution in [0.4, 0.5) is 0 Å². The molecule has 6 heteroatoms. The summed E-state index contributed by atoms with van der Waals surface area (Å²) in [6, 6.07) is 11.9. The molecule has 0 saturated heterocycles. The number of hydrogen-bond acceptors (Lipinski definition) is 4. The summed E-state index contributed by atoms with van der Waals surface area (Å²) in [6.45, 7) is 2.40. The standard InChI is InChI=1S/C19H16BrNO4/c1-3-25-18-10-16(20)14(9-17(18)24-2)8-15(11-21)12-4-6-13(7-5-12)19(22)23/h4-10H,3H2,1-2H3,(H,22,23)/b15-8-. The monoisotopic (exact) mass is 401 g/mol. The Morgan fingerprint density at radius 1 is 1.24 bits per heavy atom. The van der Waals surface area contributed by atoms with Gasteiger partial charge >= 0.3 is 5.97 Å². The molecule has 0 aliphatic carbocycles. The van der Waals surface area contributed by atoms with Crippen LogP contribution in [-0.2, 0) is 0 Å². The van der Waals surface area contributed by atoms with Gasteiger partial charge in [0.1, 0.15) is 0 Å². The third-order valence-electron chi connectivity index (χ3n) is 3.45. The average Bonchev–Trinajstić information content (AvgIpc) is 2.61. The quantitative estimate of drug-likeness (QED) is 0.564. The van der Waals surface area contributed by atoms with E-state index in [4.69, 9.17) is 14.6 Å². The van der Waals surface area contributed by atoms with Crippen molar-refractivity contribution in [2.45, 2.75) is 6.92 Å². The third kappa shape index (κ3) is 4.40. The largest absolute Gasteiger partial charge is 0.493 e. The Morgan fingerprint density at radius 2 is 1.88 bits per heavy atom. The van der Waals surface area contributed by atoms with Crippen LogP contribution >= 0.6 is 15.9 Å². The minimum absolute atomic E-state index is 0.171. The molecule has 0 aromatic heterocycles. The van der Waals surface area contributed by atoms with Crippen molar-refractivity contribution in [3.8, 4) is 17.6 Å². The topological polar surface area (TPSA) is 79.5 Å². The Bertz CT molecular complexity index is 851. The number of rotatable bonds is 6. The SMILES string of the molecule is CCOc1cc(Br)c(/C=C(/C#N)c2ccc(C(=O)O)cc2)cc1OC. The van der Waals surface area contributed by atoms with Gasteiger partial charge in [0.15, 0.2) is 11.5 Å². The van der Waals surface area contributed by atoms with Gasteiger partial charge in [-0.25, -0.2) is 4.79 Å². The number of benzene rings is 2. The van der Waals surface area contributed by atoms with Gasteiger partial charge in [0, 0.05) is 4.47 Å². The Kier molecular flexibility index (Phi) is 6.20. The molecule has 5 nitrogen and oxygen atoms in total. The summed E-state index contributed by atoms with van der Waals surface area (Å²) >= 11 is 3.47. The van der Waals surface area contributed by atoms with Gasteiger partial charge in [0.25, 0.3) is 0 Å². The number of methoxy groups -OCH3 is 1.